The lowest BCUT2D eigenvalue weighted by Gasteiger charge is -2.20. The Morgan fingerprint density at radius 3 is 1.72 bits per heavy atom. The lowest BCUT2D eigenvalue weighted by Crippen LogP contribution is -1.92. The maximum atomic E-state index is 9.78. The van der Waals surface area contributed by atoms with Crippen LogP contribution in [0, 0.1) is 0 Å². The van der Waals surface area contributed by atoms with E-state index in [2.05, 4.69) is 0 Å². The summed E-state index contributed by atoms with van der Waals surface area (Å²) in [6.07, 6.45) is 0. The van der Waals surface area contributed by atoms with Crippen LogP contribution >= 0.6 is 0 Å². The molecule has 0 spiro atoms. The van der Waals surface area contributed by atoms with Gasteiger partial charge in [-0.15, -0.1) is 0 Å². The Hall–Kier alpha value is -6.18. The highest BCUT2D eigenvalue weighted by Crippen LogP contribution is 2.48. The summed E-state index contributed by atoms with van der Waals surface area (Å²) in [5.41, 5.74) is 1.13. The summed E-state index contributed by atoms with van der Waals surface area (Å²) in [5, 5.41) is 1.01. The van der Waals surface area contributed by atoms with Crippen molar-refractivity contribution in [2.75, 3.05) is 0 Å². The normalized spacial score (nSPS) is 16.3. The average molecular weight is 612 g/mol. The second-order valence-corrected chi connectivity index (χ2v) is 11.2. The van der Waals surface area contributed by atoms with Gasteiger partial charge in [0.15, 0.2) is 0 Å². The molecule has 0 aliphatic rings. The smallest absolute Gasteiger partial charge is 0.136 e. The molecule has 0 aliphatic heterocycles. The van der Waals surface area contributed by atoms with Crippen molar-refractivity contribution in [1.29, 1.82) is 0 Å². The molecule has 1 heteroatoms. The van der Waals surface area contributed by atoms with Crippen LogP contribution < -0.4 is 0 Å². The summed E-state index contributed by atoms with van der Waals surface area (Å²) >= 11 is 0. The van der Waals surface area contributed by atoms with Gasteiger partial charge in [-0.2, -0.15) is 0 Å². The molecule has 0 aliphatic carbocycles. The van der Waals surface area contributed by atoms with Gasteiger partial charge in [0.25, 0.3) is 0 Å². The molecule has 9 aromatic carbocycles. The fourth-order valence-corrected chi connectivity index (χ4v) is 6.71. The van der Waals surface area contributed by atoms with E-state index in [9.17, 15) is 6.85 Å². The molecule has 0 bridgehead atoms. The van der Waals surface area contributed by atoms with Gasteiger partial charge >= 0.3 is 0 Å². The quantitative estimate of drug-likeness (QED) is 0.143. The van der Waals surface area contributed by atoms with E-state index in [0.717, 1.165) is 0 Å². The molecule has 1 heterocycles. The minimum atomic E-state index is -0.623. The van der Waals surface area contributed by atoms with Gasteiger partial charge in [0.2, 0.25) is 0 Å². The summed E-state index contributed by atoms with van der Waals surface area (Å²) < 4.78 is 142. The molecule has 1 nitrogen and oxygen atoms in total. The summed E-state index contributed by atoms with van der Waals surface area (Å²) in [4.78, 5) is 0. The highest BCUT2D eigenvalue weighted by atomic mass is 16.3. The van der Waals surface area contributed by atoms with Crippen LogP contribution in [0.25, 0.3) is 98.4 Å². The highest BCUT2D eigenvalue weighted by molar-refractivity contribution is 6.28. The fraction of sp³-hybridized carbons (Fsp3) is 0. The van der Waals surface area contributed by atoms with Crippen LogP contribution in [-0.2, 0) is 0 Å². The van der Waals surface area contributed by atoms with Crippen LogP contribution in [0.2, 0.25) is 0 Å². The van der Waals surface area contributed by atoms with Crippen LogP contribution in [0.15, 0.2) is 174 Å². The Kier molecular flexibility index (Phi) is 3.33. The zero-order valence-corrected chi connectivity index (χ0v) is 24.4. The lowest BCUT2D eigenvalue weighted by molar-refractivity contribution is 0.669. The van der Waals surface area contributed by atoms with Gasteiger partial charge < -0.3 is 4.42 Å². The van der Waals surface area contributed by atoms with Crippen LogP contribution in [0.1, 0.15) is 20.6 Å². The minimum absolute atomic E-state index is 0.0167. The van der Waals surface area contributed by atoms with Crippen LogP contribution in [0.5, 0.6) is 0 Å². The predicted octanol–water partition coefficient (Wildman–Crippen LogP) is 13.2. The largest absolute Gasteiger partial charge is 0.456 e. The molecule has 0 atom stereocenters. The first-order valence-corrected chi connectivity index (χ1v) is 15.0. The van der Waals surface area contributed by atoms with Crippen molar-refractivity contribution in [3.05, 3.63) is 169 Å². The van der Waals surface area contributed by atoms with Crippen molar-refractivity contribution < 1.29 is 25.0 Å². The second kappa shape index (κ2) is 10.2. The van der Waals surface area contributed by atoms with E-state index < -0.39 is 66.5 Å². The van der Waals surface area contributed by atoms with E-state index in [1.165, 1.54) is 0 Å². The van der Waals surface area contributed by atoms with E-state index in [-0.39, 0.29) is 84.3 Å². The summed E-state index contributed by atoms with van der Waals surface area (Å²) in [5.74, 6) is 0. The first-order valence-electron chi connectivity index (χ1n) is 22.5. The second-order valence-electron chi connectivity index (χ2n) is 11.2. The molecular formula is C46H28O. The van der Waals surface area contributed by atoms with Crippen LogP contribution in [-0.4, -0.2) is 0 Å². The number of hydrogen-bond acceptors (Lipinski definition) is 1. The number of benzene rings is 9. The van der Waals surface area contributed by atoms with Crippen molar-refractivity contribution in [2.24, 2.45) is 0 Å². The molecule has 10 rings (SSSR count). The van der Waals surface area contributed by atoms with Gasteiger partial charge in [0, 0.05) is 10.8 Å². The molecule has 1 aromatic heterocycles. The van der Waals surface area contributed by atoms with Crippen molar-refractivity contribution in [3.63, 3.8) is 0 Å². The molecule has 0 saturated heterocycles. The van der Waals surface area contributed by atoms with E-state index in [0.29, 0.717) is 38.2 Å². The van der Waals surface area contributed by atoms with Gasteiger partial charge in [0.05, 0.1) is 20.6 Å². The van der Waals surface area contributed by atoms with Gasteiger partial charge in [-0.3, -0.25) is 0 Å². The lowest BCUT2D eigenvalue weighted by atomic mass is 9.83. The topological polar surface area (TPSA) is 13.1 Å². The maximum absolute atomic E-state index is 9.78. The number of fused-ring (bicyclic) bond motifs is 8. The summed E-state index contributed by atoms with van der Waals surface area (Å²) in [7, 11) is 0. The van der Waals surface area contributed by atoms with Crippen molar-refractivity contribution in [3.8, 4) is 33.4 Å². The molecular weight excluding hydrogens is 569 g/mol. The molecule has 0 fully saturated rings. The van der Waals surface area contributed by atoms with E-state index in [1.54, 1.807) is 78.9 Å². The monoisotopic (exact) mass is 611 g/mol. The van der Waals surface area contributed by atoms with Crippen molar-refractivity contribution >= 4 is 65.0 Å². The third-order valence-corrected chi connectivity index (χ3v) is 8.69. The SMILES string of the molecule is [2H]c1c([2H])c(-c2c3ccccc3c(-c3c([2H])c4c([2H])c([2H])c([2H])c([2H])c4c4c([2H])c([2H])c([2H])c([2H])c34)c3ccccc23)c2c(oc3c([2H])c(-c4ccccc4)c([2H])c([2H])c32)c1[2H]. The summed E-state index contributed by atoms with van der Waals surface area (Å²) in [6.45, 7) is 0. The molecule has 0 saturated carbocycles. The van der Waals surface area contributed by atoms with E-state index in [1.807, 2.05) is 0 Å². The standard InChI is InChI=1S/C46H28O/c1-2-13-29(14-3-1)30-25-26-39-43(28-30)47-42-24-12-23-40(46(39)42)44-35-19-8-10-21-37(35)45(38-22-11-9-20-36(38)44)41-27-31-15-4-5-16-32(31)33-17-6-7-18-34(33)41/h1-28H/i4D,5D,6D,7D,12D,15D,16D,17D,18D,23D,24D,25D,26D,27D,28D. The van der Waals surface area contributed by atoms with E-state index >= 15 is 0 Å². The van der Waals surface area contributed by atoms with Gasteiger partial charge in [0.1, 0.15) is 11.2 Å². The van der Waals surface area contributed by atoms with Crippen LogP contribution in [0.3, 0.4) is 0 Å². The Morgan fingerprint density at radius 1 is 0.383 bits per heavy atom. The van der Waals surface area contributed by atoms with Crippen LogP contribution in [0.4, 0.5) is 0 Å². The first kappa shape index (κ1) is 15.4. The van der Waals surface area contributed by atoms with Crippen molar-refractivity contribution in [1.82, 2.24) is 0 Å². The maximum Gasteiger partial charge on any atom is 0.136 e. The average Bonchev–Trinajstić information content (AvgIpc) is 3.68. The minimum Gasteiger partial charge on any atom is -0.456 e. The third kappa shape index (κ3) is 3.90. The van der Waals surface area contributed by atoms with Gasteiger partial charge in [-0.1, -0.05) is 145 Å². The van der Waals surface area contributed by atoms with Gasteiger partial charge in [-0.25, -0.2) is 0 Å². The molecule has 0 amide bonds. The number of furan rings is 1. The number of rotatable bonds is 3. The van der Waals surface area contributed by atoms with Gasteiger partial charge in [-0.05, 0) is 101 Å². The molecule has 47 heavy (non-hydrogen) atoms. The Labute approximate surface area is 293 Å². The highest BCUT2D eigenvalue weighted by Gasteiger charge is 2.21. The van der Waals surface area contributed by atoms with Crippen molar-refractivity contribution in [2.45, 2.75) is 0 Å². The molecule has 218 valence electrons. The predicted molar refractivity (Wildman–Crippen MR) is 200 cm³/mol. The Balaban J connectivity index is 1.44. The molecule has 10 aromatic rings. The zero-order valence-electron chi connectivity index (χ0n) is 39.4. The summed E-state index contributed by atoms with van der Waals surface area (Å²) in [6, 6.07) is 15.4. The first-order chi connectivity index (χ1) is 29.6. The third-order valence-electron chi connectivity index (χ3n) is 8.69. The Bertz CT molecular complexity index is 3630. The Morgan fingerprint density at radius 2 is 1.00 bits per heavy atom. The molecule has 0 N–H and O–H groups in total. The number of hydrogen-bond donors (Lipinski definition) is 0. The van der Waals surface area contributed by atoms with E-state index in [4.69, 9.17) is 18.1 Å². The molecule has 0 radical (unpaired) electrons. The fourth-order valence-electron chi connectivity index (χ4n) is 6.71. The molecule has 0 unspecified atom stereocenters. The zero-order chi connectivity index (χ0) is 44.0.